The number of halogens is 4. The van der Waals surface area contributed by atoms with Crippen molar-refractivity contribution in [2.75, 3.05) is 24.6 Å². The molecule has 0 N–H and O–H groups in total. The average molecular weight is 924 g/mol. The SMILES string of the molecule is CC(C)(C)C1=PC(C(C)(C)C)=P1.F[B-](F)(F)F.[Rh].c1ccc(P(CCP(c2ccccc2)c2ccccc2)CCP(c2ccccc2)c2ccccc2)cc1. The van der Waals surface area contributed by atoms with Crippen LogP contribution in [0.1, 0.15) is 41.5 Å². The first kappa shape index (κ1) is 47.5. The Bertz CT molecular complexity index is 1680. The van der Waals surface area contributed by atoms with Gasteiger partial charge in [-0.05, 0) is 77.8 Å². The van der Waals surface area contributed by atoms with E-state index >= 15 is 0 Å². The van der Waals surface area contributed by atoms with Gasteiger partial charge in [0.2, 0.25) is 0 Å². The molecule has 1 heterocycles. The molecule has 0 fully saturated rings. The monoisotopic (exact) mass is 924 g/mol. The van der Waals surface area contributed by atoms with E-state index in [1.165, 1.54) is 62.3 Å². The standard InChI is InChI=1S/C34H33P3.C10H18P2.BF4.Rh/c1-6-16-30(17-7-1)35(26-28-36(31-18-8-2-9-19-31)32-20-10-3-11-21-32)27-29-37(33-22-12-4-13-23-33)34-24-14-5-15-25-34;1-9(2,3)7-11-8(12-7)10(4,5)6;2-1(3,4)5;/h1-25H,26-29H2;1-6H3;;/q;;-1;. The van der Waals surface area contributed by atoms with Gasteiger partial charge in [-0.25, -0.2) is 0 Å². The van der Waals surface area contributed by atoms with Crippen molar-refractivity contribution >= 4 is 84.0 Å². The van der Waals surface area contributed by atoms with Crippen LogP contribution in [0, 0.1) is 10.8 Å². The average Bonchev–Trinajstić information content (AvgIpc) is 3.11. The fraction of sp³-hybridized carbons (Fsp3) is 0.273. The molecule has 55 heavy (non-hydrogen) atoms. The van der Waals surface area contributed by atoms with Crippen molar-refractivity contribution < 1.29 is 36.7 Å². The fourth-order valence-corrected chi connectivity index (χ4v) is 16.8. The maximum absolute atomic E-state index is 9.75. The van der Waals surface area contributed by atoms with Gasteiger partial charge in [-0.2, -0.15) is 0 Å². The molecule has 0 atom stereocenters. The van der Waals surface area contributed by atoms with Gasteiger partial charge in [0.05, 0.1) is 0 Å². The van der Waals surface area contributed by atoms with Gasteiger partial charge in [-0.15, -0.1) is 0 Å². The molecule has 0 unspecified atom stereocenters. The molecule has 1 aliphatic rings. The zero-order chi connectivity index (χ0) is 39.2. The number of hydrogen-bond acceptors (Lipinski definition) is 0. The summed E-state index contributed by atoms with van der Waals surface area (Å²) >= 11 is 0. The summed E-state index contributed by atoms with van der Waals surface area (Å²) in [5.41, 5.74) is 0.829. The summed E-state index contributed by atoms with van der Waals surface area (Å²) < 4.78 is 39.0. The van der Waals surface area contributed by atoms with Crippen LogP contribution in [-0.2, 0) is 19.5 Å². The van der Waals surface area contributed by atoms with Crippen LogP contribution in [0.2, 0.25) is 0 Å². The second-order valence-corrected chi connectivity index (χ2v) is 24.9. The van der Waals surface area contributed by atoms with Crippen LogP contribution in [0.25, 0.3) is 0 Å². The molecule has 6 rings (SSSR count). The van der Waals surface area contributed by atoms with Crippen LogP contribution in [0.4, 0.5) is 17.3 Å². The molecule has 0 nitrogen and oxygen atoms in total. The van der Waals surface area contributed by atoms with Crippen molar-refractivity contribution in [3.05, 3.63) is 152 Å². The summed E-state index contributed by atoms with van der Waals surface area (Å²) in [5.74, 6) is 0. The molecule has 5 aromatic rings. The zero-order valence-corrected chi connectivity index (χ0v) is 38.5. The minimum Gasteiger partial charge on any atom is -0.418 e. The molecular formula is C44H51BF4P5Rh-. The predicted octanol–water partition coefficient (Wildman–Crippen LogP) is 12.6. The van der Waals surface area contributed by atoms with Crippen molar-refractivity contribution in [3.8, 4) is 0 Å². The Balaban J connectivity index is 0.000000376. The van der Waals surface area contributed by atoms with Gasteiger partial charge < -0.3 is 17.3 Å². The van der Waals surface area contributed by atoms with Crippen LogP contribution >= 0.6 is 40.2 Å². The summed E-state index contributed by atoms with van der Waals surface area (Å²) in [5, 5.41) is 10.8. The molecule has 5 aromatic carbocycles. The summed E-state index contributed by atoms with van der Waals surface area (Å²) in [7, 11) is -3.95. The first-order valence-corrected chi connectivity index (χ1v) is 24.8. The molecule has 1 aliphatic heterocycles. The normalized spacial score (nSPS) is 13.3. The molecule has 0 aromatic heterocycles. The molecule has 1 radical (unpaired) electrons. The molecule has 0 aliphatic carbocycles. The summed E-state index contributed by atoms with van der Waals surface area (Å²) in [4.78, 5) is 0. The summed E-state index contributed by atoms with van der Waals surface area (Å²) in [6.45, 7) is 13.8. The third kappa shape index (κ3) is 16.9. The summed E-state index contributed by atoms with van der Waals surface area (Å²) in [6, 6.07) is 56.0. The molecule has 0 saturated carbocycles. The van der Waals surface area contributed by atoms with Gasteiger partial charge in [0.15, 0.2) is 0 Å². The van der Waals surface area contributed by atoms with E-state index in [0.717, 1.165) is 0 Å². The van der Waals surface area contributed by atoms with E-state index in [9.17, 15) is 17.3 Å². The Morgan fingerprint density at radius 2 is 0.618 bits per heavy atom. The van der Waals surface area contributed by atoms with Crippen molar-refractivity contribution in [1.82, 2.24) is 0 Å². The Morgan fingerprint density at radius 1 is 0.400 bits per heavy atom. The van der Waals surface area contributed by atoms with Gasteiger partial charge in [0, 0.05) is 29.5 Å². The van der Waals surface area contributed by atoms with Gasteiger partial charge >= 0.3 is 7.25 Å². The van der Waals surface area contributed by atoms with Crippen molar-refractivity contribution in [1.29, 1.82) is 0 Å². The van der Waals surface area contributed by atoms with Crippen molar-refractivity contribution in [2.24, 2.45) is 10.8 Å². The van der Waals surface area contributed by atoms with Crippen LogP contribution in [0.3, 0.4) is 0 Å². The third-order valence-corrected chi connectivity index (χ3v) is 21.4. The van der Waals surface area contributed by atoms with E-state index < -0.39 is 7.25 Å². The largest absolute Gasteiger partial charge is 0.673 e. The quantitative estimate of drug-likeness (QED) is 0.0703. The van der Waals surface area contributed by atoms with Gasteiger partial charge in [0.25, 0.3) is 0 Å². The Kier molecular flexibility index (Phi) is 19.8. The summed E-state index contributed by atoms with van der Waals surface area (Å²) in [6.07, 6.45) is 5.00. The molecule has 0 bridgehead atoms. The van der Waals surface area contributed by atoms with Crippen LogP contribution in [0.5, 0.6) is 0 Å². The Labute approximate surface area is 347 Å². The van der Waals surface area contributed by atoms with Crippen LogP contribution < -0.4 is 26.5 Å². The van der Waals surface area contributed by atoms with E-state index in [4.69, 9.17) is 0 Å². The first-order valence-electron chi connectivity index (χ1n) is 18.2. The van der Waals surface area contributed by atoms with E-state index in [1.807, 2.05) is 0 Å². The smallest absolute Gasteiger partial charge is 0.418 e. The number of benzene rings is 5. The van der Waals surface area contributed by atoms with E-state index in [-0.39, 0.29) is 43.2 Å². The predicted molar refractivity (Wildman–Crippen MR) is 244 cm³/mol. The Morgan fingerprint density at radius 3 is 0.836 bits per heavy atom. The van der Waals surface area contributed by atoms with Crippen LogP contribution in [-0.4, -0.2) is 42.0 Å². The van der Waals surface area contributed by atoms with Gasteiger partial charge in [-0.3, -0.25) is 0 Å². The number of hydrogen-bond donors (Lipinski definition) is 0. The maximum Gasteiger partial charge on any atom is 0.673 e. The molecule has 0 saturated heterocycles. The fourth-order valence-electron chi connectivity index (χ4n) is 5.57. The topological polar surface area (TPSA) is 0 Å². The van der Waals surface area contributed by atoms with Crippen molar-refractivity contribution in [2.45, 2.75) is 41.5 Å². The minimum atomic E-state index is -6.00. The molecular weight excluding hydrogens is 873 g/mol. The minimum absolute atomic E-state index is 0. The van der Waals surface area contributed by atoms with Crippen molar-refractivity contribution in [3.63, 3.8) is 0 Å². The van der Waals surface area contributed by atoms with Gasteiger partial charge in [0.1, 0.15) is 0 Å². The van der Waals surface area contributed by atoms with E-state index in [0.29, 0.717) is 10.8 Å². The van der Waals surface area contributed by atoms with E-state index in [2.05, 4.69) is 193 Å². The molecule has 293 valence electrons. The van der Waals surface area contributed by atoms with E-state index in [1.54, 1.807) is 15.4 Å². The third-order valence-electron chi connectivity index (χ3n) is 8.35. The second kappa shape index (κ2) is 22.9. The zero-order valence-electron chi connectivity index (χ0n) is 32.4. The first-order chi connectivity index (χ1) is 25.6. The van der Waals surface area contributed by atoms with Gasteiger partial charge in [-0.1, -0.05) is 218 Å². The molecule has 0 amide bonds. The Hall–Kier alpha value is -1.86. The maximum atomic E-state index is 9.75. The number of rotatable bonds is 11. The molecule has 11 heteroatoms. The molecule has 0 spiro atoms. The second-order valence-electron chi connectivity index (χ2n) is 14.8. The van der Waals surface area contributed by atoms with Crippen LogP contribution in [0.15, 0.2) is 152 Å².